The highest BCUT2D eigenvalue weighted by Crippen LogP contribution is 2.20. The van der Waals surface area contributed by atoms with Gasteiger partial charge in [0.1, 0.15) is 0 Å². The lowest BCUT2D eigenvalue weighted by atomic mass is 9.97. The van der Waals surface area contributed by atoms with Crippen LogP contribution in [0.3, 0.4) is 0 Å². The van der Waals surface area contributed by atoms with Gasteiger partial charge < -0.3 is 10.2 Å². The van der Waals surface area contributed by atoms with Gasteiger partial charge in [0.2, 0.25) is 0 Å². The Morgan fingerprint density at radius 3 is 2.32 bits per heavy atom. The predicted octanol–water partition coefficient (Wildman–Crippen LogP) is 3.71. The van der Waals surface area contributed by atoms with E-state index in [9.17, 15) is 0 Å². The normalized spacial score (nSPS) is 13.2. The molecule has 2 heteroatoms. The molecular weight excluding hydrogens is 232 g/mol. The van der Waals surface area contributed by atoms with Gasteiger partial charge in [0.25, 0.3) is 0 Å². The third-order valence-corrected chi connectivity index (χ3v) is 3.33. The summed E-state index contributed by atoms with van der Waals surface area (Å²) in [4.78, 5) is 2.25. The van der Waals surface area contributed by atoms with Gasteiger partial charge in [-0.15, -0.1) is 0 Å². The number of rotatable bonds is 9. The molecule has 0 aromatic heterocycles. The zero-order chi connectivity index (χ0) is 14.1. The average Bonchev–Trinajstić information content (AvgIpc) is 2.37. The number of nitrogens with zero attached hydrogens (tertiary/aromatic N) is 1. The molecule has 108 valence electrons. The second kappa shape index (κ2) is 9.11. The monoisotopic (exact) mass is 262 g/mol. The van der Waals surface area contributed by atoms with Gasteiger partial charge in [-0.25, -0.2) is 0 Å². The van der Waals surface area contributed by atoms with Crippen LogP contribution in [0.2, 0.25) is 0 Å². The summed E-state index contributed by atoms with van der Waals surface area (Å²) in [6.45, 7) is 6.88. The molecule has 0 radical (unpaired) electrons. The van der Waals surface area contributed by atoms with Gasteiger partial charge in [-0.05, 0) is 57.9 Å². The Morgan fingerprint density at radius 2 is 1.74 bits per heavy atom. The Kier molecular flexibility index (Phi) is 7.76. The lowest BCUT2D eigenvalue weighted by Gasteiger charge is -2.21. The minimum Gasteiger partial charge on any atom is -0.310 e. The molecule has 19 heavy (non-hydrogen) atoms. The van der Waals surface area contributed by atoms with E-state index in [0.29, 0.717) is 6.04 Å². The van der Waals surface area contributed by atoms with Crippen molar-refractivity contribution < 1.29 is 0 Å². The fraction of sp³-hybridized carbons (Fsp3) is 0.647. The molecule has 0 aliphatic heterocycles. The SMILES string of the molecule is CC(C)CC(NCCCCN(C)C)c1ccccc1. The number of unbranched alkanes of at least 4 members (excludes halogenated alkanes) is 1. The summed E-state index contributed by atoms with van der Waals surface area (Å²) in [5, 5.41) is 3.72. The summed E-state index contributed by atoms with van der Waals surface area (Å²) in [7, 11) is 4.28. The van der Waals surface area contributed by atoms with Crippen molar-refractivity contribution in [2.75, 3.05) is 27.2 Å². The largest absolute Gasteiger partial charge is 0.310 e. The van der Waals surface area contributed by atoms with E-state index in [0.717, 1.165) is 12.5 Å². The maximum absolute atomic E-state index is 3.72. The average molecular weight is 262 g/mol. The Bertz CT molecular complexity index is 319. The molecule has 1 rings (SSSR count). The maximum atomic E-state index is 3.72. The van der Waals surface area contributed by atoms with Crippen LogP contribution in [0.15, 0.2) is 30.3 Å². The summed E-state index contributed by atoms with van der Waals surface area (Å²) in [5.41, 5.74) is 1.42. The molecular formula is C17H30N2. The van der Waals surface area contributed by atoms with Crippen LogP contribution in [0.25, 0.3) is 0 Å². The third-order valence-electron chi connectivity index (χ3n) is 3.33. The van der Waals surface area contributed by atoms with Crippen LogP contribution in [-0.2, 0) is 0 Å². The second-order valence-electron chi connectivity index (χ2n) is 6.06. The molecule has 1 aromatic carbocycles. The molecule has 0 spiro atoms. The Balaban J connectivity index is 2.38. The third kappa shape index (κ3) is 7.34. The smallest absolute Gasteiger partial charge is 0.0322 e. The van der Waals surface area contributed by atoms with E-state index in [1.54, 1.807) is 0 Å². The molecule has 0 fully saturated rings. The van der Waals surface area contributed by atoms with Crippen LogP contribution in [0, 0.1) is 5.92 Å². The number of hydrogen-bond acceptors (Lipinski definition) is 2. The van der Waals surface area contributed by atoms with Crippen molar-refractivity contribution in [3.05, 3.63) is 35.9 Å². The highest BCUT2D eigenvalue weighted by Gasteiger charge is 2.11. The van der Waals surface area contributed by atoms with Gasteiger partial charge in [0.05, 0.1) is 0 Å². The first-order chi connectivity index (χ1) is 9.09. The van der Waals surface area contributed by atoms with Gasteiger partial charge in [0.15, 0.2) is 0 Å². The number of nitrogens with one attached hydrogen (secondary N) is 1. The summed E-state index contributed by atoms with van der Waals surface area (Å²) >= 11 is 0. The van der Waals surface area contributed by atoms with Crippen molar-refractivity contribution in [3.8, 4) is 0 Å². The van der Waals surface area contributed by atoms with Gasteiger partial charge in [-0.2, -0.15) is 0 Å². The molecule has 1 N–H and O–H groups in total. The predicted molar refractivity (Wildman–Crippen MR) is 84.4 cm³/mol. The molecule has 0 aliphatic rings. The van der Waals surface area contributed by atoms with E-state index in [4.69, 9.17) is 0 Å². The van der Waals surface area contributed by atoms with E-state index in [1.165, 1.54) is 31.4 Å². The fourth-order valence-corrected chi connectivity index (χ4v) is 2.32. The molecule has 0 saturated carbocycles. The Morgan fingerprint density at radius 1 is 1.05 bits per heavy atom. The van der Waals surface area contributed by atoms with E-state index >= 15 is 0 Å². The van der Waals surface area contributed by atoms with Crippen LogP contribution in [0.1, 0.15) is 44.7 Å². The van der Waals surface area contributed by atoms with Gasteiger partial charge >= 0.3 is 0 Å². The summed E-state index contributed by atoms with van der Waals surface area (Å²) < 4.78 is 0. The molecule has 0 heterocycles. The standard InChI is InChI=1S/C17H30N2/c1-15(2)14-17(16-10-6-5-7-11-16)18-12-8-9-13-19(3)4/h5-7,10-11,15,17-18H,8-9,12-14H2,1-4H3. The van der Waals surface area contributed by atoms with Crippen LogP contribution in [0.5, 0.6) is 0 Å². The second-order valence-corrected chi connectivity index (χ2v) is 6.06. The van der Waals surface area contributed by atoms with E-state index in [1.807, 2.05) is 0 Å². The lowest BCUT2D eigenvalue weighted by Crippen LogP contribution is -2.24. The quantitative estimate of drug-likeness (QED) is 0.683. The van der Waals surface area contributed by atoms with Gasteiger partial charge in [-0.1, -0.05) is 44.2 Å². The zero-order valence-electron chi connectivity index (χ0n) is 13.0. The van der Waals surface area contributed by atoms with Crippen molar-refractivity contribution in [1.82, 2.24) is 10.2 Å². The summed E-state index contributed by atoms with van der Waals surface area (Å²) in [6.07, 6.45) is 3.72. The Labute approximate surface area is 119 Å². The van der Waals surface area contributed by atoms with Crippen LogP contribution >= 0.6 is 0 Å². The van der Waals surface area contributed by atoms with Crippen LogP contribution < -0.4 is 5.32 Å². The molecule has 0 saturated heterocycles. The fourth-order valence-electron chi connectivity index (χ4n) is 2.32. The molecule has 2 nitrogen and oxygen atoms in total. The molecule has 0 bridgehead atoms. The molecule has 0 amide bonds. The van der Waals surface area contributed by atoms with Gasteiger partial charge in [0, 0.05) is 6.04 Å². The molecule has 1 atom stereocenters. The van der Waals surface area contributed by atoms with Crippen molar-refractivity contribution in [1.29, 1.82) is 0 Å². The first-order valence-electron chi connectivity index (χ1n) is 7.52. The first-order valence-corrected chi connectivity index (χ1v) is 7.52. The topological polar surface area (TPSA) is 15.3 Å². The van der Waals surface area contributed by atoms with E-state index in [-0.39, 0.29) is 0 Å². The van der Waals surface area contributed by atoms with Crippen molar-refractivity contribution in [3.63, 3.8) is 0 Å². The highest BCUT2D eigenvalue weighted by atomic mass is 15.0. The highest BCUT2D eigenvalue weighted by molar-refractivity contribution is 5.18. The van der Waals surface area contributed by atoms with Crippen molar-refractivity contribution >= 4 is 0 Å². The zero-order valence-corrected chi connectivity index (χ0v) is 13.0. The van der Waals surface area contributed by atoms with Gasteiger partial charge in [-0.3, -0.25) is 0 Å². The minimum absolute atomic E-state index is 0.501. The maximum Gasteiger partial charge on any atom is 0.0322 e. The minimum atomic E-state index is 0.501. The lowest BCUT2D eigenvalue weighted by molar-refractivity contribution is 0.379. The van der Waals surface area contributed by atoms with Crippen molar-refractivity contribution in [2.24, 2.45) is 5.92 Å². The molecule has 0 aliphatic carbocycles. The van der Waals surface area contributed by atoms with E-state index in [2.05, 4.69) is 68.5 Å². The van der Waals surface area contributed by atoms with E-state index < -0.39 is 0 Å². The first kappa shape index (κ1) is 16.2. The summed E-state index contributed by atoms with van der Waals surface area (Å²) in [6, 6.07) is 11.3. The molecule has 1 aromatic rings. The summed E-state index contributed by atoms with van der Waals surface area (Å²) in [5.74, 6) is 0.722. The number of benzene rings is 1. The molecule has 1 unspecified atom stereocenters. The van der Waals surface area contributed by atoms with Crippen LogP contribution in [-0.4, -0.2) is 32.1 Å². The Hall–Kier alpha value is -0.860. The van der Waals surface area contributed by atoms with Crippen LogP contribution in [0.4, 0.5) is 0 Å². The number of hydrogen-bond donors (Lipinski definition) is 1. The van der Waals surface area contributed by atoms with Crippen molar-refractivity contribution in [2.45, 2.75) is 39.2 Å².